The molecule has 1 fully saturated rings. The number of anilines is 1. The lowest BCUT2D eigenvalue weighted by atomic mass is 10.1. The molecule has 30 heavy (non-hydrogen) atoms. The maximum Gasteiger partial charge on any atom is 0.412 e. The highest BCUT2D eigenvalue weighted by molar-refractivity contribution is 6.06. The molecule has 1 aromatic carbocycles. The normalized spacial score (nSPS) is 17.3. The first-order valence-corrected chi connectivity index (χ1v) is 10.0. The molecular weight excluding hydrogens is 386 g/mol. The molecule has 1 aliphatic heterocycles. The van der Waals surface area contributed by atoms with Crippen LogP contribution < -0.4 is 5.32 Å². The van der Waals surface area contributed by atoms with Crippen LogP contribution in [0.1, 0.15) is 56.6 Å². The van der Waals surface area contributed by atoms with E-state index in [4.69, 9.17) is 9.47 Å². The van der Waals surface area contributed by atoms with Crippen LogP contribution in [-0.2, 0) is 9.47 Å². The summed E-state index contributed by atoms with van der Waals surface area (Å²) in [5.41, 5.74) is 0.822. The van der Waals surface area contributed by atoms with Crippen molar-refractivity contribution in [2.75, 3.05) is 26.0 Å². The van der Waals surface area contributed by atoms with Crippen LogP contribution in [0.4, 0.5) is 10.5 Å². The Morgan fingerprint density at radius 3 is 2.73 bits per heavy atom. The molecule has 2 aromatic rings. The number of ether oxygens (including phenoxy) is 2. The second kappa shape index (κ2) is 8.83. The molecule has 1 N–H and O–H groups in total. The zero-order valence-corrected chi connectivity index (χ0v) is 18.1. The first-order chi connectivity index (χ1) is 14.1. The summed E-state index contributed by atoms with van der Waals surface area (Å²) >= 11 is 0. The molecule has 1 aromatic heterocycles. The van der Waals surface area contributed by atoms with Crippen LogP contribution in [0.15, 0.2) is 23.3 Å². The zero-order chi connectivity index (χ0) is 21.9. The van der Waals surface area contributed by atoms with Gasteiger partial charge in [-0.3, -0.25) is 10.1 Å². The van der Waals surface area contributed by atoms with E-state index >= 15 is 0 Å². The fourth-order valence-electron chi connectivity index (χ4n) is 3.17. The summed E-state index contributed by atoms with van der Waals surface area (Å²) in [6.07, 6.45) is 5.19. The lowest BCUT2D eigenvalue weighted by molar-refractivity contribution is -0.0366. The molecule has 2 amide bonds. The third-order valence-corrected chi connectivity index (χ3v) is 4.43. The Balaban J connectivity index is 2.03. The van der Waals surface area contributed by atoms with E-state index < -0.39 is 17.6 Å². The van der Waals surface area contributed by atoms with Crippen molar-refractivity contribution < 1.29 is 19.1 Å². The standard InChI is InChI=1S/C21H29N5O4/c1-21(2,3)30-20(28)24-16-10-14(19(27)22-13-25(4)5)11-17-15(16)12-23-26(17)18-8-6-7-9-29-18/h10-13,18H,6-9H2,1-5H3,(H,24,28). The van der Waals surface area contributed by atoms with Crippen LogP contribution in [0.2, 0.25) is 0 Å². The highest BCUT2D eigenvalue weighted by Crippen LogP contribution is 2.31. The molecule has 0 bridgehead atoms. The number of hydrogen-bond acceptors (Lipinski definition) is 5. The second-order valence-electron chi connectivity index (χ2n) is 8.51. The SMILES string of the molecule is CN(C)C=NC(=O)c1cc(NC(=O)OC(C)(C)C)c2cnn(C3CCCCO3)c2c1. The lowest BCUT2D eigenvalue weighted by Gasteiger charge is -2.23. The Kier molecular flexibility index (Phi) is 6.40. The summed E-state index contributed by atoms with van der Waals surface area (Å²) < 4.78 is 13.0. The van der Waals surface area contributed by atoms with Crippen LogP contribution in [0.5, 0.6) is 0 Å². The fourth-order valence-corrected chi connectivity index (χ4v) is 3.17. The van der Waals surface area contributed by atoms with Gasteiger partial charge in [0.05, 0.1) is 23.7 Å². The van der Waals surface area contributed by atoms with Gasteiger partial charge in [-0.25, -0.2) is 9.48 Å². The summed E-state index contributed by atoms with van der Waals surface area (Å²) in [7, 11) is 3.57. The Morgan fingerprint density at radius 1 is 1.33 bits per heavy atom. The molecule has 0 spiro atoms. The average molecular weight is 415 g/mol. The van der Waals surface area contributed by atoms with E-state index in [2.05, 4.69) is 15.4 Å². The Hall–Kier alpha value is -2.94. The maximum absolute atomic E-state index is 12.6. The summed E-state index contributed by atoms with van der Waals surface area (Å²) in [4.78, 5) is 30.7. The summed E-state index contributed by atoms with van der Waals surface area (Å²) in [5, 5.41) is 7.92. The van der Waals surface area contributed by atoms with Gasteiger partial charge in [-0.15, -0.1) is 0 Å². The molecule has 0 saturated carbocycles. The number of amides is 2. The van der Waals surface area contributed by atoms with Crippen molar-refractivity contribution in [1.82, 2.24) is 14.7 Å². The van der Waals surface area contributed by atoms with E-state index in [0.29, 0.717) is 28.8 Å². The minimum Gasteiger partial charge on any atom is -0.444 e. The van der Waals surface area contributed by atoms with Gasteiger partial charge < -0.3 is 14.4 Å². The number of benzene rings is 1. The molecule has 2 heterocycles. The molecule has 9 nitrogen and oxygen atoms in total. The topological polar surface area (TPSA) is 98.0 Å². The number of carbonyl (C=O) groups is 2. The van der Waals surface area contributed by atoms with Crippen LogP contribution in [0.3, 0.4) is 0 Å². The van der Waals surface area contributed by atoms with E-state index in [1.165, 1.54) is 6.34 Å². The van der Waals surface area contributed by atoms with E-state index in [1.54, 1.807) is 62.8 Å². The molecule has 3 rings (SSSR count). The monoisotopic (exact) mass is 415 g/mol. The van der Waals surface area contributed by atoms with Gasteiger partial charge in [0.15, 0.2) is 6.23 Å². The summed E-state index contributed by atoms with van der Waals surface area (Å²) in [6.45, 7) is 6.03. The van der Waals surface area contributed by atoms with E-state index in [9.17, 15) is 9.59 Å². The molecule has 1 saturated heterocycles. The van der Waals surface area contributed by atoms with Gasteiger partial charge in [-0.2, -0.15) is 10.1 Å². The summed E-state index contributed by atoms with van der Waals surface area (Å²) in [6, 6.07) is 3.32. The molecular formula is C21H29N5O4. The predicted octanol–water partition coefficient (Wildman–Crippen LogP) is 3.81. The predicted molar refractivity (Wildman–Crippen MR) is 115 cm³/mol. The smallest absolute Gasteiger partial charge is 0.412 e. The Bertz CT molecular complexity index is 952. The van der Waals surface area contributed by atoms with Gasteiger partial charge >= 0.3 is 6.09 Å². The largest absolute Gasteiger partial charge is 0.444 e. The second-order valence-corrected chi connectivity index (χ2v) is 8.51. The number of nitrogens with zero attached hydrogens (tertiary/aromatic N) is 4. The summed E-state index contributed by atoms with van der Waals surface area (Å²) in [5.74, 6) is -0.421. The van der Waals surface area contributed by atoms with Crippen LogP contribution in [0.25, 0.3) is 10.9 Å². The highest BCUT2D eigenvalue weighted by Gasteiger charge is 2.23. The van der Waals surface area contributed by atoms with Gasteiger partial charge in [-0.05, 0) is 52.2 Å². The van der Waals surface area contributed by atoms with Crippen molar-refractivity contribution in [2.45, 2.75) is 51.9 Å². The lowest BCUT2D eigenvalue weighted by Crippen LogP contribution is -2.27. The molecule has 1 atom stereocenters. The van der Waals surface area contributed by atoms with Crippen LogP contribution >= 0.6 is 0 Å². The van der Waals surface area contributed by atoms with Gasteiger partial charge in [-0.1, -0.05) is 0 Å². The van der Waals surface area contributed by atoms with Gasteiger partial charge in [0.1, 0.15) is 5.60 Å². The zero-order valence-electron chi connectivity index (χ0n) is 18.1. The van der Waals surface area contributed by atoms with Crippen molar-refractivity contribution in [1.29, 1.82) is 0 Å². The van der Waals surface area contributed by atoms with Crippen molar-refractivity contribution in [2.24, 2.45) is 4.99 Å². The molecule has 1 unspecified atom stereocenters. The number of rotatable bonds is 4. The van der Waals surface area contributed by atoms with Gasteiger partial charge in [0.25, 0.3) is 5.91 Å². The minimum atomic E-state index is -0.646. The average Bonchev–Trinajstić information content (AvgIpc) is 3.09. The quantitative estimate of drug-likeness (QED) is 0.602. The number of carbonyl (C=O) groups excluding carboxylic acids is 2. The van der Waals surface area contributed by atoms with Crippen molar-refractivity contribution in [3.8, 4) is 0 Å². The number of nitrogens with one attached hydrogen (secondary N) is 1. The third kappa shape index (κ3) is 5.35. The first kappa shape index (κ1) is 21.8. The van der Waals surface area contributed by atoms with Crippen molar-refractivity contribution in [3.05, 3.63) is 23.9 Å². The fraction of sp³-hybridized carbons (Fsp3) is 0.524. The van der Waals surface area contributed by atoms with Crippen molar-refractivity contribution in [3.63, 3.8) is 0 Å². The Labute approximate surface area is 176 Å². The minimum absolute atomic E-state index is 0.207. The van der Waals surface area contributed by atoms with E-state index in [-0.39, 0.29) is 6.23 Å². The highest BCUT2D eigenvalue weighted by atomic mass is 16.6. The van der Waals surface area contributed by atoms with E-state index in [0.717, 1.165) is 19.3 Å². The Morgan fingerprint density at radius 2 is 2.10 bits per heavy atom. The van der Waals surface area contributed by atoms with Crippen LogP contribution in [0, 0.1) is 0 Å². The van der Waals surface area contributed by atoms with Gasteiger partial charge in [0, 0.05) is 31.7 Å². The third-order valence-electron chi connectivity index (χ3n) is 4.43. The van der Waals surface area contributed by atoms with Gasteiger partial charge in [0.2, 0.25) is 0 Å². The first-order valence-electron chi connectivity index (χ1n) is 10.0. The molecule has 1 aliphatic rings. The maximum atomic E-state index is 12.6. The number of fused-ring (bicyclic) bond motifs is 1. The number of hydrogen-bond donors (Lipinski definition) is 1. The van der Waals surface area contributed by atoms with Crippen LogP contribution in [-0.4, -0.2) is 59.3 Å². The number of aliphatic imine (C=N–C) groups is 1. The van der Waals surface area contributed by atoms with E-state index in [1.807, 2.05) is 0 Å². The molecule has 9 heteroatoms. The molecule has 0 aliphatic carbocycles. The number of aromatic nitrogens is 2. The molecule has 162 valence electrons. The van der Waals surface area contributed by atoms with Crippen molar-refractivity contribution >= 4 is 34.9 Å². The molecule has 0 radical (unpaired) electrons.